The van der Waals surface area contributed by atoms with E-state index < -0.39 is 0 Å². The Hall–Kier alpha value is -2.83. The largest absolute Gasteiger partial charge is 0.497 e. The van der Waals surface area contributed by atoms with Crippen molar-refractivity contribution in [1.29, 1.82) is 0 Å². The zero-order valence-corrected chi connectivity index (χ0v) is 16.7. The van der Waals surface area contributed by atoms with Gasteiger partial charge in [0.2, 0.25) is 0 Å². The first-order chi connectivity index (χ1) is 13.8. The smallest absolute Gasteiger partial charge is 0.194 e. The number of nitrogens with zero attached hydrogens (tertiary/aromatic N) is 5. The zero-order chi connectivity index (χ0) is 19.3. The second-order valence-electron chi connectivity index (χ2n) is 7.20. The highest BCUT2D eigenvalue weighted by atomic mass is 16.5. The Morgan fingerprint density at radius 3 is 2.93 bits per heavy atom. The maximum absolute atomic E-state index is 5.35. The van der Waals surface area contributed by atoms with E-state index >= 15 is 0 Å². The summed E-state index contributed by atoms with van der Waals surface area (Å²) in [5.41, 5.74) is 2.59. The molecular weight excluding hydrogens is 352 g/mol. The molecule has 4 rings (SSSR count). The fourth-order valence-corrected chi connectivity index (χ4v) is 3.94. The third kappa shape index (κ3) is 3.88. The van der Waals surface area contributed by atoms with Crippen LogP contribution in [0.3, 0.4) is 0 Å². The van der Waals surface area contributed by atoms with Gasteiger partial charge in [-0.1, -0.05) is 18.2 Å². The Labute approximate surface area is 166 Å². The molecule has 1 N–H and O–H groups in total. The highest BCUT2D eigenvalue weighted by Crippen LogP contribution is 2.25. The molecule has 0 radical (unpaired) electrons. The number of guanidine groups is 1. The molecule has 1 aromatic carbocycles. The van der Waals surface area contributed by atoms with Crippen LogP contribution in [-0.4, -0.2) is 52.9 Å². The number of aliphatic imine (C=N–C) groups is 1. The van der Waals surface area contributed by atoms with Crippen molar-refractivity contribution in [1.82, 2.24) is 25.0 Å². The number of hydrogen-bond donors (Lipinski definition) is 1. The number of hydrogen-bond acceptors (Lipinski definition) is 4. The lowest BCUT2D eigenvalue weighted by Gasteiger charge is -2.30. The van der Waals surface area contributed by atoms with Crippen LogP contribution in [0.5, 0.6) is 5.75 Å². The summed E-state index contributed by atoms with van der Waals surface area (Å²) in [6, 6.07) is 8.27. The molecule has 1 aromatic heterocycles. The molecule has 7 heteroatoms. The van der Waals surface area contributed by atoms with Crippen molar-refractivity contribution in [3.8, 4) is 5.75 Å². The Balaban J connectivity index is 1.38. The molecule has 0 saturated carbocycles. The predicted molar refractivity (Wildman–Crippen MR) is 110 cm³/mol. The molecule has 2 aliphatic heterocycles. The minimum Gasteiger partial charge on any atom is -0.497 e. The monoisotopic (exact) mass is 380 g/mol. The minimum atomic E-state index is 0.655. The maximum atomic E-state index is 5.35. The van der Waals surface area contributed by atoms with Gasteiger partial charge in [-0.05, 0) is 42.5 Å². The number of benzene rings is 1. The van der Waals surface area contributed by atoms with E-state index in [4.69, 9.17) is 4.74 Å². The van der Waals surface area contributed by atoms with Gasteiger partial charge >= 0.3 is 0 Å². The van der Waals surface area contributed by atoms with Gasteiger partial charge in [0.15, 0.2) is 11.8 Å². The summed E-state index contributed by atoms with van der Waals surface area (Å²) in [5.74, 6) is 3.92. The van der Waals surface area contributed by atoms with Crippen LogP contribution in [0.4, 0.5) is 0 Å². The van der Waals surface area contributed by atoms with Crippen molar-refractivity contribution in [2.75, 3.05) is 27.2 Å². The minimum absolute atomic E-state index is 0.655. The van der Waals surface area contributed by atoms with Crippen molar-refractivity contribution < 1.29 is 4.74 Å². The third-order valence-corrected chi connectivity index (χ3v) is 5.50. The maximum Gasteiger partial charge on any atom is 0.194 e. The summed E-state index contributed by atoms with van der Waals surface area (Å²) >= 11 is 0. The van der Waals surface area contributed by atoms with Gasteiger partial charge in [-0.15, -0.1) is 10.2 Å². The molecule has 7 nitrogen and oxygen atoms in total. The first kappa shape index (κ1) is 18.5. The molecule has 0 aliphatic carbocycles. The third-order valence-electron chi connectivity index (χ3n) is 5.50. The van der Waals surface area contributed by atoms with Gasteiger partial charge in [0.05, 0.1) is 13.7 Å². The van der Waals surface area contributed by atoms with Gasteiger partial charge in [-0.3, -0.25) is 4.99 Å². The summed E-state index contributed by atoms with van der Waals surface area (Å²) < 4.78 is 7.60. The van der Waals surface area contributed by atoms with Crippen LogP contribution < -0.4 is 10.1 Å². The van der Waals surface area contributed by atoms with Gasteiger partial charge in [-0.2, -0.15) is 0 Å². The molecule has 0 atom stereocenters. The quantitative estimate of drug-likeness (QED) is 0.652. The molecule has 28 heavy (non-hydrogen) atoms. The van der Waals surface area contributed by atoms with Gasteiger partial charge in [0, 0.05) is 33.1 Å². The highest BCUT2D eigenvalue weighted by Gasteiger charge is 2.19. The fraction of sp³-hybridized carbons (Fsp3) is 0.476. The number of fused-ring (bicyclic) bond motifs is 1. The van der Waals surface area contributed by atoms with E-state index in [9.17, 15) is 0 Å². The Kier molecular flexibility index (Phi) is 5.60. The number of aryl methyl sites for hydroxylation is 1. The second kappa shape index (κ2) is 8.46. The zero-order valence-electron chi connectivity index (χ0n) is 16.7. The standard InChI is InChI=1S/C21H28N6O/c1-22-21(23-15-20-25-24-19-8-3-4-11-27(19)20)26-12-9-16(10-13-26)17-6-5-7-18(14-17)28-2/h5-7,9,14H,3-4,8,10-13,15H2,1-2H3,(H,22,23). The molecule has 0 spiro atoms. The van der Waals surface area contributed by atoms with E-state index in [2.05, 4.69) is 48.2 Å². The van der Waals surface area contributed by atoms with Crippen molar-refractivity contribution in [2.45, 2.75) is 38.8 Å². The molecule has 0 saturated heterocycles. The average molecular weight is 380 g/mol. The lowest BCUT2D eigenvalue weighted by Crippen LogP contribution is -2.43. The number of nitrogens with one attached hydrogen (secondary N) is 1. The van der Waals surface area contributed by atoms with Gasteiger partial charge in [-0.25, -0.2) is 0 Å². The molecule has 148 valence electrons. The van der Waals surface area contributed by atoms with Crippen LogP contribution in [-0.2, 0) is 19.5 Å². The van der Waals surface area contributed by atoms with Crippen LogP contribution in [0.15, 0.2) is 35.3 Å². The summed E-state index contributed by atoms with van der Waals surface area (Å²) in [7, 11) is 3.54. The molecular formula is C21H28N6O. The van der Waals surface area contributed by atoms with Gasteiger partial charge < -0.3 is 19.5 Å². The van der Waals surface area contributed by atoms with Crippen LogP contribution in [0.1, 0.15) is 36.5 Å². The fourth-order valence-electron chi connectivity index (χ4n) is 3.94. The van der Waals surface area contributed by atoms with E-state index in [0.29, 0.717) is 6.54 Å². The lowest BCUT2D eigenvalue weighted by molar-refractivity contribution is 0.414. The molecule has 0 fully saturated rings. The second-order valence-corrected chi connectivity index (χ2v) is 7.20. The summed E-state index contributed by atoms with van der Waals surface area (Å²) in [4.78, 5) is 6.75. The number of methoxy groups -OCH3 is 1. The van der Waals surface area contributed by atoms with E-state index in [-0.39, 0.29) is 0 Å². The van der Waals surface area contributed by atoms with Crippen LogP contribution in [0, 0.1) is 0 Å². The van der Waals surface area contributed by atoms with E-state index in [0.717, 1.165) is 55.8 Å². The van der Waals surface area contributed by atoms with Gasteiger partial charge in [0.1, 0.15) is 11.6 Å². The normalized spacial score (nSPS) is 17.1. The van der Waals surface area contributed by atoms with E-state index in [1.165, 1.54) is 24.0 Å². The SMILES string of the molecule is CN=C(NCc1nnc2n1CCCC2)N1CC=C(c2cccc(OC)c2)CC1. The molecule has 2 aliphatic rings. The predicted octanol–water partition coefficient (Wildman–Crippen LogP) is 2.49. The van der Waals surface area contributed by atoms with Crippen molar-refractivity contribution in [2.24, 2.45) is 4.99 Å². The first-order valence-corrected chi connectivity index (χ1v) is 9.98. The Morgan fingerprint density at radius 2 is 2.14 bits per heavy atom. The van der Waals surface area contributed by atoms with Crippen LogP contribution >= 0.6 is 0 Å². The van der Waals surface area contributed by atoms with Crippen molar-refractivity contribution in [3.63, 3.8) is 0 Å². The van der Waals surface area contributed by atoms with Crippen LogP contribution in [0.25, 0.3) is 5.57 Å². The molecule has 3 heterocycles. The summed E-state index contributed by atoms with van der Waals surface area (Å²) in [6.07, 6.45) is 6.71. The first-order valence-electron chi connectivity index (χ1n) is 9.98. The molecule has 0 unspecified atom stereocenters. The number of rotatable bonds is 4. The molecule has 0 amide bonds. The van der Waals surface area contributed by atoms with Crippen molar-refractivity contribution in [3.05, 3.63) is 47.6 Å². The van der Waals surface area contributed by atoms with Crippen LogP contribution in [0.2, 0.25) is 0 Å². The van der Waals surface area contributed by atoms with Gasteiger partial charge in [0.25, 0.3) is 0 Å². The Morgan fingerprint density at radius 1 is 1.21 bits per heavy atom. The number of ether oxygens (including phenoxy) is 1. The number of aromatic nitrogens is 3. The van der Waals surface area contributed by atoms with E-state index in [1.807, 2.05) is 19.2 Å². The lowest BCUT2D eigenvalue weighted by atomic mass is 9.99. The van der Waals surface area contributed by atoms with E-state index in [1.54, 1.807) is 7.11 Å². The summed E-state index contributed by atoms with van der Waals surface area (Å²) in [5, 5.41) is 12.2. The summed E-state index contributed by atoms with van der Waals surface area (Å²) in [6.45, 7) is 3.45. The average Bonchev–Trinajstić information content (AvgIpc) is 3.18. The topological polar surface area (TPSA) is 67.6 Å². The van der Waals surface area contributed by atoms with Crippen molar-refractivity contribution >= 4 is 11.5 Å². The molecule has 2 aromatic rings. The Bertz CT molecular complexity index is 885. The highest BCUT2D eigenvalue weighted by molar-refractivity contribution is 5.81. The molecule has 0 bridgehead atoms.